The number of carbonyl (C=O) groups excluding carboxylic acids is 1. The first-order chi connectivity index (χ1) is 12.7. The molecule has 3 rings (SSSR count). The van der Waals surface area contributed by atoms with Gasteiger partial charge in [0, 0.05) is 19.6 Å². The van der Waals surface area contributed by atoms with Crippen LogP contribution in [0.1, 0.15) is 61.2 Å². The fourth-order valence-electron chi connectivity index (χ4n) is 3.58. The van der Waals surface area contributed by atoms with Gasteiger partial charge in [-0.3, -0.25) is 4.79 Å². The maximum Gasteiger partial charge on any atom is 0.261 e. The Bertz CT molecular complexity index is 807. The van der Waals surface area contributed by atoms with Crippen molar-refractivity contribution in [2.45, 2.75) is 52.9 Å². The highest BCUT2D eigenvalue weighted by molar-refractivity contribution is 7.20. The minimum Gasteiger partial charge on any atom is -0.357 e. The van der Waals surface area contributed by atoms with Gasteiger partial charge in [-0.25, -0.2) is 9.97 Å². The Balaban J connectivity index is 1.77. The highest BCUT2D eigenvalue weighted by atomic mass is 32.1. The first-order valence-electron chi connectivity index (χ1n) is 9.60. The normalized spacial score (nSPS) is 14.3. The summed E-state index contributed by atoms with van der Waals surface area (Å²) in [5.74, 6) is 0.938. The predicted molar refractivity (Wildman–Crippen MR) is 109 cm³/mol. The van der Waals surface area contributed by atoms with Crippen LogP contribution in [0.3, 0.4) is 0 Å². The van der Waals surface area contributed by atoms with Gasteiger partial charge in [0.1, 0.15) is 17.0 Å². The van der Waals surface area contributed by atoms with E-state index in [1.807, 2.05) is 6.92 Å². The van der Waals surface area contributed by atoms with Crippen molar-refractivity contribution in [2.75, 3.05) is 24.5 Å². The van der Waals surface area contributed by atoms with Crippen molar-refractivity contribution in [3.63, 3.8) is 0 Å². The van der Waals surface area contributed by atoms with Crippen LogP contribution >= 0.6 is 11.3 Å². The average molecular weight is 373 g/mol. The summed E-state index contributed by atoms with van der Waals surface area (Å²) in [4.78, 5) is 25.5. The molecule has 0 radical (unpaired) electrons. The number of fused-ring (bicyclic) bond motifs is 1. The lowest BCUT2D eigenvalue weighted by molar-refractivity contribution is 0.0957. The second-order valence-corrected chi connectivity index (χ2v) is 7.72. The molecule has 1 N–H and O–H groups in total. The topological polar surface area (TPSA) is 58.1 Å². The van der Waals surface area contributed by atoms with Gasteiger partial charge in [-0.05, 0) is 58.4 Å². The smallest absolute Gasteiger partial charge is 0.261 e. The lowest BCUT2D eigenvalue weighted by Gasteiger charge is -2.20. The molecule has 0 atom stereocenters. The summed E-state index contributed by atoms with van der Waals surface area (Å²) in [6.45, 7) is 8.71. The fraction of sp³-hybridized carbons (Fsp3) is 0.550. The zero-order chi connectivity index (χ0) is 18.5. The number of carbonyl (C=O) groups is 1. The number of allylic oxidation sites excluding steroid dienone is 1. The van der Waals surface area contributed by atoms with Gasteiger partial charge in [0.15, 0.2) is 0 Å². The molecule has 1 amide bonds. The van der Waals surface area contributed by atoms with Crippen molar-refractivity contribution >= 4 is 33.3 Å². The molecule has 0 unspecified atom stereocenters. The fourth-order valence-corrected chi connectivity index (χ4v) is 4.64. The van der Waals surface area contributed by atoms with Crippen molar-refractivity contribution in [1.82, 2.24) is 15.3 Å². The van der Waals surface area contributed by atoms with E-state index in [0.717, 1.165) is 46.0 Å². The van der Waals surface area contributed by atoms with Gasteiger partial charge in [0.2, 0.25) is 0 Å². The van der Waals surface area contributed by atoms with Crippen LogP contribution in [-0.2, 0) is 0 Å². The van der Waals surface area contributed by atoms with E-state index < -0.39 is 0 Å². The number of hydrogen-bond donors (Lipinski definition) is 1. The lowest BCUT2D eigenvalue weighted by atomic mass is 9.97. The van der Waals surface area contributed by atoms with Crippen LogP contribution in [0.15, 0.2) is 18.0 Å². The third kappa shape index (κ3) is 3.90. The maximum atomic E-state index is 12.7. The average Bonchev–Trinajstić information content (AvgIpc) is 3.01. The van der Waals surface area contributed by atoms with E-state index in [1.54, 1.807) is 6.33 Å². The maximum absolute atomic E-state index is 12.7. The number of hydrogen-bond acceptors (Lipinski definition) is 5. The molecule has 0 aliphatic heterocycles. The largest absolute Gasteiger partial charge is 0.357 e. The van der Waals surface area contributed by atoms with Crippen molar-refractivity contribution in [3.05, 3.63) is 28.4 Å². The number of aromatic nitrogens is 2. The molecule has 0 fully saturated rings. The molecule has 140 valence electrons. The molecule has 2 aromatic heterocycles. The number of nitrogens with one attached hydrogen (secondary N) is 1. The molecule has 1 aliphatic carbocycles. The zero-order valence-corrected chi connectivity index (χ0v) is 16.8. The summed E-state index contributed by atoms with van der Waals surface area (Å²) in [6.07, 6.45) is 9.84. The molecule has 2 aromatic rings. The minimum atomic E-state index is 0.00686. The summed E-state index contributed by atoms with van der Waals surface area (Å²) >= 11 is 1.47. The van der Waals surface area contributed by atoms with Gasteiger partial charge in [0.05, 0.1) is 10.3 Å². The van der Waals surface area contributed by atoms with E-state index in [1.165, 1.54) is 42.6 Å². The van der Waals surface area contributed by atoms with Gasteiger partial charge in [-0.2, -0.15) is 0 Å². The molecule has 0 bridgehead atoms. The number of nitrogens with zero attached hydrogens (tertiary/aromatic N) is 3. The van der Waals surface area contributed by atoms with Gasteiger partial charge >= 0.3 is 0 Å². The van der Waals surface area contributed by atoms with Crippen LogP contribution in [0.5, 0.6) is 0 Å². The van der Waals surface area contributed by atoms with Crippen molar-refractivity contribution < 1.29 is 4.79 Å². The molecule has 0 saturated carbocycles. The SMILES string of the molecule is CCN(CC)c1ncnc2sc(C(=O)NCCC3=CCCCC3)c(C)c12. The third-order valence-corrected chi connectivity index (χ3v) is 6.29. The molecule has 5 nitrogen and oxygen atoms in total. The van der Waals surface area contributed by atoms with Crippen LogP contribution in [-0.4, -0.2) is 35.5 Å². The quantitative estimate of drug-likeness (QED) is 0.729. The molecule has 0 spiro atoms. The summed E-state index contributed by atoms with van der Waals surface area (Å²) in [7, 11) is 0. The number of anilines is 1. The number of amides is 1. The molecular formula is C20H28N4OS. The second-order valence-electron chi connectivity index (χ2n) is 6.72. The van der Waals surface area contributed by atoms with E-state index in [9.17, 15) is 4.79 Å². The standard InChI is InChI=1S/C20H28N4OS/c1-4-24(5-2)18-16-14(3)17(26-20(16)23-13-22-18)19(25)21-12-11-15-9-7-6-8-10-15/h9,13H,4-8,10-12H2,1-3H3,(H,21,25). The Morgan fingerprint density at radius 1 is 1.27 bits per heavy atom. The molecule has 2 heterocycles. The van der Waals surface area contributed by atoms with E-state index >= 15 is 0 Å². The van der Waals surface area contributed by atoms with Crippen molar-refractivity contribution in [1.29, 1.82) is 0 Å². The van der Waals surface area contributed by atoms with Crippen molar-refractivity contribution in [3.8, 4) is 0 Å². The summed E-state index contributed by atoms with van der Waals surface area (Å²) in [5.41, 5.74) is 2.47. The molecular weight excluding hydrogens is 344 g/mol. The van der Waals surface area contributed by atoms with E-state index in [4.69, 9.17) is 0 Å². The first-order valence-corrected chi connectivity index (χ1v) is 10.4. The van der Waals surface area contributed by atoms with Gasteiger partial charge in [-0.1, -0.05) is 11.6 Å². The zero-order valence-electron chi connectivity index (χ0n) is 16.0. The Morgan fingerprint density at radius 3 is 2.77 bits per heavy atom. The third-order valence-electron chi connectivity index (χ3n) is 5.09. The van der Waals surface area contributed by atoms with Crippen LogP contribution in [0.4, 0.5) is 5.82 Å². The highest BCUT2D eigenvalue weighted by Gasteiger charge is 2.21. The van der Waals surface area contributed by atoms with Crippen LogP contribution < -0.4 is 10.2 Å². The van der Waals surface area contributed by atoms with Gasteiger partial charge in [-0.15, -0.1) is 11.3 Å². The van der Waals surface area contributed by atoms with Crippen molar-refractivity contribution in [2.24, 2.45) is 0 Å². The summed E-state index contributed by atoms with van der Waals surface area (Å²) < 4.78 is 0. The molecule has 0 saturated heterocycles. The molecule has 26 heavy (non-hydrogen) atoms. The Labute approximate surface area is 159 Å². The van der Waals surface area contributed by atoms with Gasteiger partial charge in [0.25, 0.3) is 5.91 Å². The molecule has 0 aromatic carbocycles. The monoisotopic (exact) mass is 372 g/mol. The Kier molecular flexibility index (Phi) is 6.25. The first kappa shape index (κ1) is 18.8. The highest BCUT2D eigenvalue weighted by Crippen LogP contribution is 2.34. The van der Waals surface area contributed by atoms with E-state index in [2.05, 4.69) is 40.1 Å². The minimum absolute atomic E-state index is 0.00686. The number of aryl methyl sites for hydroxylation is 1. The van der Waals surface area contributed by atoms with E-state index in [0.29, 0.717) is 6.54 Å². The van der Waals surface area contributed by atoms with E-state index in [-0.39, 0.29) is 5.91 Å². The molecule has 1 aliphatic rings. The number of rotatable bonds is 7. The lowest BCUT2D eigenvalue weighted by Crippen LogP contribution is -2.25. The van der Waals surface area contributed by atoms with Crippen LogP contribution in [0.25, 0.3) is 10.2 Å². The predicted octanol–water partition coefficient (Wildman–Crippen LogP) is 4.47. The second kappa shape index (κ2) is 8.62. The van der Waals surface area contributed by atoms with Crippen LogP contribution in [0, 0.1) is 6.92 Å². The van der Waals surface area contributed by atoms with Crippen LogP contribution in [0.2, 0.25) is 0 Å². The summed E-state index contributed by atoms with van der Waals surface area (Å²) in [6, 6.07) is 0. The Hall–Kier alpha value is -1.95. The Morgan fingerprint density at radius 2 is 2.08 bits per heavy atom. The molecule has 6 heteroatoms. The summed E-state index contributed by atoms with van der Waals surface area (Å²) in [5, 5.41) is 4.11. The van der Waals surface area contributed by atoms with Gasteiger partial charge < -0.3 is 10.2 Å². The number of thiophene rings is 1.